The van der Waals surface area contributed by atoms with Crippen LogP contribution in [0.1, 0.15) is 11.7 Å². The van der Waals surface area contributed by atoms with E-state index in [1.807, 2.05) is 35.7 Å². The van der Waals surface area contributed by atoms with Gasteiger partial charge in [-0.05, 0) is 17.7 Å². The number of nitro benzene ring substituents is 1. The number of hydrogen-bond acceptors (Lipinski definition) is 6. The number of nitrogens with zero attached hydrogens (tertiary/aromatic N) is 3. The van der Waals surface area contributed by atoms with Crippen LogP contribution in [0.2, 0.25) is 0 Å². The van der Waals surface area contributed by atoms with Gasteiger partial charge < -0.3 is 0 Å². The minimum absolute atomic E-state index is 0.172. The van der Waals surface area contributed by atoms with Gasteiger partial charge >= 0.3 is 0 Å². The van der Waals surface area contributed by atoms with Gasteiger partial charge in [0.2, 0.25) is 0 Å². The van der Waals surface area contributed by atoms with Gasteiger partial charge in [-0.15, -0.1) is 0 Å². The molecule has 0 N–H and O–H groups in total. The fraction of sp³-hybridized carbons (Fsp3) is 0.600. The van der Waals surface area contributed by atoms with Crippen LogP contribution in [0.5, 0.6) is 0 Å². The molecular formula is C15H21N3O2S2. The second kappa shape index (κ2) is 7.68. The lowest BCUT2D eigenvalue weighted by Gasteiger charge is -2.43. The molecule has 0 unspecified atom stereocenters. The number of thioether (sulfide) groups is 2. The summed E-state index contributed by atoms with van der Waals surface area (Å²) in [6.07, 6.45) is 0.266. The minimum atomic E-state index is -0.326. The molecular weight excluding hydrogens is 318 g/mol. The van der Waals surface area contributed by atoms with E-state index in [4.69, 9.17) is 0 Å². The summed E-state index contributed by atoms with van der Waals surface area (Å²) in [7, 11) is 0. The quantitative estimate of drug-likeness (QED) is 0.621. The van der Waals surface area contributed by atoms with Gasteiger partial charge in [-0.2, -0.15) is 23.5 Å². The molecule has 22 heavy (non-hydrogen) atoms. The summed E-state index contributed by atoms with van der Waals surface area (Å²) in [5.41, 5.74) is 1.36. The van der Waals surface area contributed by atoms with Gasteiger partial charge in [-0.3, -0.25) is 19.9 Å². The molecule has 0 atom stereocenters. The van der Waals surface area contributed by atoms with Gasteiger partial charge in [0.05, 0.1) is 11.1 Å². The van der Waals surface area contributed by atoms with E-state index < -0.39 is 0 Å². The van der Waals surface area contributed by atoms with E-state index >= 15 is 0 Å². The van der Waals surface area contributed by atoms with Gasteiger partial charge in [-0.25, -0.2) is 0 Å². The third-order valence-electron chi connectivity index (χ3n) is 4.19. The van der Waals surface area contributed by atoms with E-state index in [9.17, 15) is 10.1 Å². The van der Waals surface area contributed by atoms with Crippen molar-refractivity contribution in [2.24, 2.45) is 0 Å². The Morgan fingerprint density at radius 3 is 1.77 bits per heavy atom. The molecule has 0 amide bonds. The molecule has 1 aromatic rings. The van der Waals surface area contributed by atoms with Crippen molar-refractivity contribution >= 4 is 29.2 Å². The zero-order chi connectivity index (χ0) is 15.4. The smallest absolute Gasteiger partial charge is 0.269 e. The normalized spacial score (nSPS) is 21.1. The Morgan fingerprint density at radius 2 is 1.36 bits per heavy atom. The average molecular weight is 339 g/mol. The molecule has 0 spiro atoms. The summed E-state index contributed by atoms with van der Waals surface area (Å²) in [6, 6.07) is 7.15. The van der Waals surface area contributed by atoms with Gasteiger partial charge in [0.25, 0.3) is 5.69 Å². The van der Waals surface area contributed by atoms with Gasteiger partial charge in [0.15, 0.2) is 0 Å². The van der Waals surface area contributed by atoms with Crippen LogP contribution in [0.4, 0.5) is 5.69 Å². The van der Waals surface area contributed by atoms with Crippen LogP contribution < -0.4 is 0 Å². The minimum Gasteiger partial charge on any atom is -0.282 e. The monoisotopic (exact) mass is 339 g/mol. The first-order valence-corrected chi connectivity index (χ1v) is 9.94. The molecule has 0 bridgehead atoms. The molecule has 0 aliphatic carbocycles. The highest BCUT2D eigenvalue weighted by Crippen LogP contribution is 2.30. The van der Waals surface area contributed by atoms with Crippen molar-refractivity contribution < 1.29 is 4.92 Å². The standard InChI is InChI=1S/C15H21N3O2S2/c19-18(20)14-3-1-13(2-4-14)15(16-5-9-21-10-6-16)17-7-11-22-12-8-17/h1-4,15H,5-12H2. The van der Waals surface area contributed by atoms with Crippen molar-refractivity contribution in [1.29, 1.82) is 0 Å². The predicted octanol–water partition coefficient (Wildman–Crippen LogP) is 2.69. The lowest BCUT2D eigenvalue weighted by Crippen LogP contribution is -2.47. The van der Waals surface area contributed by atoms with Crippen LogP contribution in [-0.4, -0.2) is 63.9 Å². The van der Waals surface area contributed by atoms with E-state index in [1.54, 1.807) is 12.1 Å². The molecule has 7 heteroatoms. The van der Waals surface area contributed by atoms with Crippen molar-refractivity contribution in [2.45, 2.75) is 6.17 Å². The van der Waals surface area contributed by atoms with Crippen LogP contribution in [0.15, 0.2) is 24.3 Å². The first-order valence-electron chi connectivity index (χ1n) is 7.63. The highest BCUT2D eigenvalue weighted by Gasteiger charge is 2.29. The van der Waals surface area contributed by atoms with E-state index in [1.165, 1.54) is 28.6 Å². The topological polar surface area (TPSA) is 49.6 Å². The molecule has 3 rings (SSSR count). The maximum Gasteiger partial charge on any atom is 0.269 e. The Hall–Kier alpha value is -0.760. The summed E-state index contributed by atoms with van der Waals surface area (Å²) in [4.78, 5) is 15.6. The second-order valence-corrected chi connectivity index (χ2v) is 7.97. The number of benzene rings is 1. The Balaban J connectivity index is 1.84. The van der Waals surface area contributed by atoms with E-state index in [0.29, 0.717) is 0 Å². The second-order valence-electron chi connectivity index (χ2n) is 5.52. The fourth-order valence-electron chi connectivity index (χ4n) is 3.06. The third kappa shape index (κ3) is 3.76. The first kappa shape index (κ1) is 16.1. The largest absolute Gasteiger partial charge is 0.282 e. The van der Waals surface area contributed by atoms with Gasteiger partial charge in [0, 0.05) is 61.3 Å². The van der Waals surface area contributed by atoms with Crippen LogP contribution in [0, 0.1) is 10.1 Å². The van der Waals surface area contributed by atoms with Crippen molar-refractivity contribution in [3.63, 3.8) is 0 Å². The fourth-order valence-corrected chi connectivity index (χ4v) is 4.93. The van der Waals surface area contributed by atoms with Crippen molar-refractivity contribution in [3.8, 4) is 0 Å². The molecule has 120 valence electrons. The van der Waals surface area contributed by atoms with Crippen molar-refractivity contribution in [3.05, 3.63) is 39.9 Å². The molecule has 2 aliphatic heterocycles. The molecule has 1 aromatic carbocycles. The highest BCUT2D eigenvalue weighted by atomic mass is 32.2. The average Bonchev–Trinajstić information content (AvgIpc) is 2.57. The molecule has 5 nitrogen and oxygen atoms in total. The van der Waals surface area contributed by atoms with Crippen LogP contribution in [0.3, 0.4) is 0 Å². The molecule has 2 saturated heterocycles. The van der Waals surface area contributed by atoms with Crippen LogP contribution >= 0.6 is 23.5 Å². The summed E-state index contributed by atoms with van der Waals surface area (Å²) in [5, 5.41) is 10.9. The zero-order valence-corrected chi connectivity index (χ0v) is 14.2. The molecule has 2 heterocycles. The van der Waals surface area contributed by atoms with Crippen molar-refractivity contribution in [1.82, 2.24) is 9.80 Å². The number of nitro groups is 1. The maximum absolute atomic E-state index is 10.9. The highest BCUT2D eigenvalue weighted by molar-refractivity contribution is 7.99. The molecule has 0 radical (unpaired) electrons. The number of hydrogen-bond donors (Lipinski definition) is 0. The first-order chi connectivity index (χ1) is 10.8. The van der Waals surface area contributed by atoms with Crippen LogP contribution in [0.25, 0.3) is 0 Å². The molecule has 2 aliphatic rings. The third-order valence-corrected chi connectivity index (χ3v) is 6.07. The summed E-state index contributed by atoms with van der Waals surface area (Å²) < 4.78 is 0. The summed E-state index contributed by atoms with van der Waals surface area (Å²) >= 11 is 4.02. The lowest BCUT2D eigenvalue weighted by molar-refractivity contribution is -0.384. The van der Waals surface area contributed by atoms with E-state index in [2.05, 4.69) is 9.80 Å². The summed E-state index contributed by atoms with van der Waals surface area (Å²) in [5.74, 6) is 4.69. The van der Waals surface area contributed by atoms with Gasteiger partial charge in [-0.1, -0.05) is 0 Å². The lowest BCUT2D eigenvalue weighted by atomic mass is 10.1. The van der Waals surface area contributed by atoms with Crippen molar-refractivity contribution in [2.75, 3.05) is 49.2 Å². The Morgan fingerprint density at radius 1 is 0.909 bits per heavy atom. The van der Waals surface area contributed by atoms with E-state index in [-0.39, 0.29) is 16.8 Å². The summed E-state index contributed by atoms with van der Waals surface area (Å²) in [6.45, 7) is 4.37. The van der Waals surface area contributed by atoms with E-state index in [0.717, 1.165) is 26.2 Å². The SMILES string of the molecule is O=[N+]([O-])c1ccc(C(N2CCSCC2)N2CCSCC2)cc1. The Bertz CT molecular complexity index is 482. The van der Waals surface area contributed by atoms with Gasteiger partial charge in [0.1, 0.15) is 0 Å². The molecule has 0 aromatic heterocycles. The Kier molecular flexibility index (Phi) is 5.62. The molecule has 2 fully saturated rings. The predicted molar refractivity (Wildman–Crippen MR) is 93.6 cm³/mol. The molecule has 0 saturated carbocycles. The van der Waals surface area contributed by atoms with Crippen LogP contribution in [-0.2, 0) is 0 Å². The maximum atomic E-state index is 10.9. The Labute approximate surface area is 139 Å². The number of non-ortho nitro benzene ring substituents is 1. The zero-order valence-electron chi connectivity index (χ0n) is 12.5. The number of rotatable bonds is 4.